The molecule has 1 aromatic carbocycles. The van der Waals surface area contributed by atoms with Gasteiger partial charge in [-0.25, -0.2) is 4.79 Å². The highest BCUT2D eigenvalue weighted by atomic mass is 16.5. The highest BCUT2D eigenvalue weighted by Gasteiger charge is 2.10. The molecule has 14 heavy (non-hydrogen) atoms. The molecule has 0 saturated carbocycles. The summed E-state index contributed by atoms with van der Waals surface area (Å²) in [4.78, 5) is 11.5. The van der Waals surface area contributed by atoms with Crippen molar-refractivity contribution >= 4 is 11.7 Å². The summed E-state index contributed by atoms with van der Waals surface area (Å²) in [5, 5.41) is 0. The molecule has 0 radical (unpaired) electrons. The van der Waals surface area contributed by atoms with Crippen LogP contribution in [-0.4, -0.2) is 12.6 Å². The van der Waals surface area contributed by atoms with Gasteiger partial charge in [-0.3, -0.25) is 0 Å². The van der Waals surface area contributed by atoms with Crippen LogP contribution < -0.4 is 5.73 Å². The Morgan fingerprint density at radius 1 is 1.50 bits per heavy atom. The summed E-state index contributed by atoms with van der Waals surface area (Å²) in [5.74, 6) is -0.295. The van der Waals surface area contributed by atoms with Crippen LogP contribution in [0.15, 0.2) is 18.2 Å². The smallest absolute Gasteiger partial charge is 0.338 e. The van der Waals surface area contributed by atoms with Crippen LogP contribution in [0.3, 0.4) is 0 Å². The van der Waals surface area contributed by atoms with Crippen LogP contribution >= 0.6 is 0 Å². The Kier molecular flexibility index (Phi) is 3.51. The van der Waals surface area contributed by atoms with Gasteiger partial charge in [-0.2, -0.15) is 0 Å². The quantitative estimate of drug-likeness (QED) is 0.591. The monoisotopic (exact) mass is 193 g/mol. The van der Waals surface area contributed by atoms with Crippen molar-refractivity contribution in [1.82, 2.24) is 0 Å². The van der Waals surface area contributed by atoms with E-state index in [1.807, 2.05) is 13.8 Å². The fourth-order valence-electron chi connectivity index (χ4n) is 1.15. The number of esters is 1. The van der Waals surface area contributed by atoms with Crippen molar-refractivity contribution in [3.8, 4) is 0 Å². The van der Waals surface area contributed by atoms with Crippen molar-refractivity contribution in [2.24, 2.45) is 0 Å². The number of ether oxygens (including phenoxy) is 1. The number of hydrogen-bond acceptors (Lipinski definition) is 3. The zero-order chi connectivity index (χ0) is 10.6. The van der Waals surface area contributed by atoms with Gasteiger partial charge in [0.25, 0.3) is 0 Å². The molecule has 0 aliphatic carbocycles. The standard InChI is InChI=1S/C11H15NO2/c1-3-7-14-11(13)9-5-4-6-10(12)8(9)2/h4-6H,3,7,12H2,1-2H3. The second kappa shape index (κ2) is 4.65. The van der Waals surface area contributed by atoms with E-state index in [1.54, 1.807) is 18.2 Å². The minimum absolute atomic E-state index is 0.295. The van der Waals surface area contributed by atoms with E-state index in [9.17, 15) is 4.79 Å². The lowest BCUT2D eigenvalue weighted by atomic mass is 10.1. The van der Waals surface area contributed by atoms with Crippen LogP contribution in [0.5, 0.6) is 0 Å². The van der Waals surface area contributed by atoms with E-state index >= 15 is 0 Å². The molecule has 3 heteroatoms. The lowest BCUT2D eigenvalue weighted by Gasteiger charge is -2.07. The predicted molar refractivity (Wildman–Crippen MR) is 56.2 cm³/mol. The Balaban J connectivity index is 2.84. The molecule has 0 aliphatic rings. The van der Waals surface area contributed by atoms with Gasteiger partial charge in [-0.1, -0.05) is 13.0 Å². The topological polar surface area (TPSA) is 52.3 Å². The number of rotatable bonds is 3. The number of hydrogen-bond donors (Lipinski definition) is 1. The molecule has 0 heterocycles. The van der Waals surface area contributed by atoms with E-state index in [-0.39, 0.29) is 5.97 Å². The molecule has 76 valence electrons. The average Bonchev–Trinajstić information content (AvgIpc) is 2.18. The van der Waals surface area contributed by atoms with Crippen LogP contribution in [0.2, 0.25) is 0 Å². The number of carbonyl (C=O) groups is 1. The second-order valence-electron chi connectivity index (χ2n) is 3.16. The molecule has 0 atom stereocenters. The van der Waals surface area contributed by atoms with Crippen molar-refractivity contribution < 1.29 is 9.53 Å². The molecule has 0 unspecified atom stereocenters. The lowest BCUT2D eigenvalue weighted by Crippen LogP contribution is -2.08. The number of benzene rings is 1. The van der Waals surface area contributed by atoms with Gasteiger partial charge in [0.2, 0.25) is 0 Å². The van der Waals surface area contributed by atoms with Gasteiger partial charge < -0.3 is 10.5 Å². The fourth-order valence-corrected chi connectivity index (χ4v) is 1.15. The first-order chi connectivity index (χ1) is 6.66. The van der Waals surface area contributed by atoms with Gasteiger partial charge >= 0.3 is 5.97 Å². The third-order valence-electron chi connectivity index (χ3n) is 2.03. The van der Waals surface area contributed by atoms with Crippen LogP contribution in [-0.2, 0) is 4.74 Å². The summed E-state index contributed by atoms with van der Waals surface area (Å²) in [6.45, 7) is 4.23. The zero-order valence-electron chi connectivity index (χ0n) is 8.54. The maximum absolute atomic E-state index is 11.5. The Labute approximate surface area is 83.9 Å². The van der Waals surface area contributed by atoms with E-state index < -0.39 is 0 Å². The highest BCUT2D eigenvalue weighted by Crippen LogP contribution is 2.16. The summed E-state index contributed by atoms with van der Waals surface area (Å²) < 4.78 is 5.02. The first-order valence-electron chi connectivity index (χ1n) is 4.69. The summed E-state index contributed by atoms with van der Waals surface area (Å²) in [6.07, 6.45) is 0.826. The largest absolute Gasteiger partial charge is 0.462 e. The van der Waals surface area contributed by atoms with Gasteiger partial charge in [-0.15, -0.1) is 0 Å². The Morgan fingerprint density at radius 3 is 2.86 bits per heavy atom. The lowest BCUT2D eigenvalue weighted by molar-refractivity contribution is 0.0504. The molecule has 1 rings (SSSR count). The number of anilines is 1. The van der Waals surface area contributed by atoms with E-state index in [2.05, 4.69) is 0 Å². The van der Waals surface area contributed by atoms with E-state index in [0.29, 0.717) is 17.9 Å². The number of nitrogens with two attached hydrogens (primary N) is 1. The van der Waals surface area contributed by atoms with E-state index in [0.717, 1.165) is 12.0 Å². The molecule has 0 bridgehead atoms. The Hall–Kier alpha value is -1.51. The van der Waals surface area contributed by atoms with Crippen molar-refractivity contribution in [2.75, 3.05) is 12.3 Å². The normalized spacial score (nSPS) is 9.86. The molecular weight excluding hydrogens is 178 g/mol. The molecule has 0 fully saturated rings. The molecule has 2 N–H and O–H groups in total. The van der Waals surface area contributed by atoms with Gasteiger partial charge in [0, 0.05) is 5.69 Å². The first-order valence-corrected chi connectivity index (χ1v) is 4.69. The Bertz CT molecular complexity index is 334. The minimum Gasteiger partial charge on any atom is -0.462 e. The number of nitrogen functional groups attached to an aromatic ring is 1. The van der Waals surface area contributed by atoms with Crippen molar-refractivity contribution in [3.63, 3.8) is 0 Å². The maximum atomic E-state index is 11.5. The van der Waals surface area contributed by atoms with E-state index in [4.69, 9.17) is 10.5 Å². The predicted octanol–water partition coefficient (Wildman–Crippen LogP) is 2.14. The van der Waals surface area contributed by atoms with Crippen molar-refractivity contribution in [2.45, 2.75) is 20.3 Å². The maximum Gasteiger partial charge on any atom is 0.338 e. The summed E-state index contributed by atoms with van der Waals surface area (Å²) in [6, 6.07) is 5.25. The van der Waals surface area contributed by atoms with Crippen LogP contribution in [0.25, 0.3) is 0 Å². The van der Waals surface area contributed by atoms with E-state index in [1.165, 1.54) is 0 Å². The molecule has 0 aromatic heterocycles. The minimum atomic E-state index is -0.295. The molecular formula is C11H15NO2. The molecule has 3 nitrogen and oxygen atoms in total. The SMILES string of the molecule is CCCOC(=O)c1cccc(N)c1C. The average molecular weight is 193 g/mol. The third kappa shape index (κ3) is 2.25. The Morgan fingerprint density at radius 2 is 2.21 bits per heavy atom. The highest BCUT2D eigenvalue weighted by molar-refractivity contribution is 5.92. The first kappa shape index (κ1) is 10.6. The van der Waals surface area contributed by atoms with Gasteiger partial charge in [0.15, 0.2) is 0 Å². The molecule has 1 aromatic rings. The summed E-state index contributed by atoms with van der Waals surface area (Å²) in [5.41, 5.74) is 7.64. The van der Waals surface area contributed by atoms with Gasteiger partial charge in [0.05, 0.1) is 12.2 Å². The molecule has 0 saturated heterocycles. The molecule has 0 amide bonds. The third-order valence-corrected chi connectivity index (χ3v) is 2.03. The number of carbonyl (C=O) groups excluding carboxylic acids is 1. The zero-order valence-corrected chi connectivity index (χ0v) is 8.54. The molecule has 0 spiro atoms. The molecule has 0 aliphatic heterocycles. The van der Waals surface area contributed by atoms with Crippen molar-refractivity contribution in [3.05, 3.63) is 29.3 Å². The van der Waals surface area contributed by atoms with Gasteiger partial charge in [-0.05, 0) is 31.0 Å². The summed E-state index contributed by atoms with van der Waals surface area (Å²) >= 11 is 0. The van der Waals surface area contributed by atoms with Crippen molar-refractivity contribution in [1.29, 1.82) is 0 Å². The fraction of sp³-hybridized carbons (Fsp3) is 0.364. The summed E-state index contributed by atoms with van der Waals surface area (Å²) in [7, 11) is 0. The van der Waals surface area contributed by atoms with Crippen LogP contribution in [0.4, 0.5) is 5.69 Å². The van der Waals surface area contributed by atoms with Crippen LogP contribution in [0, 0.1) is 6.92 Å². The van der Waals surface area contributed by atoms with Crippen LogP contribution in [0.1, 0.15) is 29.3 Å². The second-order valence-corrected chi connectivity index (χ2v) is 3.16. The van der Waals surface area contributed by atoms with Gasteiger partial charge in [0.1, 0.15) is 0 Å².